The van der Waals surface area contributed by atoms with Crippen LogP contribution in [0.4, 0.5) is 0 Å². The summed E-state index contributed by atoms with van der Waals surface area (Å²) in [6.45, 7) is 0. The Hall–Kier alpha value is -3.21. The summed E-state index contributed by atoms with van der Waals surface area (Å²) in [5.74, 6) is -0.353. The molecule has 0 bridgehead atoms. The summed E-state index contributed by atoms with van der Waals surface area (Å²) in [4.78, 5) is 12.5. The molecule has 0 unspecified atom stereocenters. The zero-order valence-corrected chi connectivity index (χ0v) is 17.7. The molecule has 0 aliphatic carbocycles. The Balaban J connectivity index is 1.81. The van der Waals surface area contributed by atoms with E-state index in [0.29, 0.717) is 12.8 Å². The van der Waals surface area contributed by atoms with Crippen LogP contribution in [0.2, 0.25) is 0 Å². The molecule has 0 aliphatic heterocycles. The third kappa shape index (κ3) is 7.21. The van der Waals surface area contributed by atoms with Crippen LogP contribution in [0.25, 0.3) is 6.08 Å². The highest BCUT2D eigenvalue weighted by atomic mass is 16.5. The van der Waals surface area contributed by atoms with E-state index >= 15 is 0 Å². The normalized spacial score (nSPS) is 14.1. The van der Waals surface area contributed by atoms with Crippen LogP contribution < -0.4 is 5.32 Å². The molecule has 0 amide bonds. The molecule has 0 saturated carbocycles. The Labute approximate surface area is 184 Å². The fourth-order valence-corrected chi connectivity index (χ4v) is 3.49. The van der Waals surface area contributed by atoms with Crippen LogP contribution >= 0.6 is 0 Å². The molecule has 4 nitrogen and oxygen atoms in total. The Bertz CT molecular complexity index is 942. The van der Waals surface area contributed by atoms with E-state index < -0.39 is 18.2 Å². The molecular formula is C27H29NO3. The predicted octanol–water partition coefficient (Wildman–Crippen LogP) is 4.05. The minimum Gasteiger partial charge on any atom is -0.468 e. The van der Waals surface area contributed by atoms with Gasteiger partial charge in [0.15, 0.2) is 0 Å². The molecule has 0 fully saturated rings. The van der Waals surface area contributed by atoms with E-state index in [2.05, 4.69) is 5.32 Å². The minimum absolute atomic E-state index is 0.353. The number of hydrogen-bond acceptors (Lipinski definition) is 4. The quantitative estimate of drug-likeness (QED) is 0.491. The second kappa shape index (κ2) is 11.8. The summed E-state index contributed by atoms with van der Waals surface area (Å²) in [5.41, 5.74) is 3.08. The second-order valence-electron chi connectivity index (χ2n) is 7.48. The molecule has 0 spiro atoms. The molecule has 3 rings (SSSR count). The van der Waals surface area contributed by atoms with Crippen molar-refractivity contribution in [2.45, 2.75) is 31.0 Å². The van der Waals surface area contributed by atoms with Crippen molar-refractivity contribution in [2.75, 3.05) is 7.11 Å². The Morgan fingerprint density at radius 1 is 0.871 bits per heavy atom. The van der Waals surface area contributed by atoms with Gasteiger partial charge in [0.1, 0.15) is 6.04 Å². The van der Waals surface area contributed by atoms with Crippen LogP contribution in [0.5, 0.6) is 0 Å². The largest absolute Gasteiger partial charge is 0.468 e. The number of nitrogens with one attached hydrogen (secondary N) is 1. The van der Waals surface area contributed by atoms with Crippen LogP contribution in [0, 0.1) is 0 Å². The smallest absolute Gasteiger partial charge is 0.323 e. The van der Waals surface area contributed by atoms with E-state index in [9.17, 15) is 9.90 Å². The van der Waals surface area contributed by atoms with E-state index in [4.69, 9.17) is 4.74 Å². The summed E-state index contributed by atoms with van der Waals surface area (Å²) < 4.78 is 5.04. The fourth-order valence-electron chi connectivity index (χ4n) is 3.49. The zero-order valence-electron chi connectivity index (χ0n) is 17.7. The monoisotopic (exact) mass is 415 g/mol. The standard InChI is InChI=1S/C27H29NO3/c1-31-27(30)25(19-22-13-7-3-8-14-22)28-24(18-17-21-11-5-2-6-12-21)26(29)20-23-15-9-4-10-16-23/h2-18,24-26,28-29H,19-20H2,1H3/b18-17+/t24-,25+,26+/m1/s1. The summed E-state index contributed by atoms with van der Waals surface area (Å²) in [6.07, 6.45) is 4.11. The molecule has 0 aromatic heterocycles. The number of carbonyl (C=O) groups excluding carboxylic acids is 1. The average molecular weight is 416 g/mol. The highest BCUT2D eigenvalue weighted by Gasteiger charge is 2.26. The molecule has 160 valence electrons. The first-order valence-electron chi connectivity index (χ1n) is 10.5. The van der Waals surface area contributed by atoms with Crippen LogP contribution in [0.3, 0.4) is 0 Å². The van der Waals surface area contributed by atoms with Gasteiger partial charge in [-0.3, -0.25) is 10.1 Å². The Morgan fingerprint density at radius 3 is 1.94 bits per heavy atom. The van der Waals surface area contributed by atoms with E-state index in [1.807, 2.05) is 103 Å². The van der Waals surface area contributed by atoms with Crippen molar-refractivity contribution in [3.05, 3.63) is 114 Å². The van der Waals surface area contributed by atoms with Crippen molar-refractivity contribution in [1.82, 2.24) is 5.32 Å². The summed E-state index contributed by atoms with van der Waals surface area (Å²) >= 11 is 0. The number of carbonyl (C=O) groups is 1. The van der Waals surface area contributed by atoms with Crippen molar-refractivity contribution < 1.29 is 14.6 Å². The zero-order chi connectivity index (χ0) is 21.9. The van der Waals surface area contributed by atoms with Crippen LogP contribution in [-0.4, -0.2) is 36.4 Å². The number of rotatable bonds is 10. The maximum absolute atomic E-state index is 12.5. The highest BCUT2D eigenvalue weighted by molar-refractivity contribution is 5.76. The fraction of sp³-hybridized carbons (Fsp3) is 0.222. The van der Waals surface area contributed by atoms with Gasteiger partial charge in [-0.25, -0.2) is 0 Å². The van der Waals surface area contributed by atoms with Gasteiger partial charge in [-0.2, -0.15) is 0 Å². The highest BCUT2D eigenvalue weighted by Crippen LogP contribution is 2.12. The Morgan fingerprint density at radius 2 is 1.39 bits per heavy atom. The van der Waals surface area contributed by atoms with Gasteiger partial charge in [0.2, 0.25) is 0 Å². The molecule has 3 aromatic rings. The number of ether oxygens (including phenoxy) is 1. The molecule has 0 aliphatic rings. The van der Waals surface area contributed by atoms with Gasteiger partial charge in [0.05, 0.1) is 19.3 Å². The lowest BCUT2D eigenvalue weighted by atomic mass is 9.98. The number of aliphatic hydroxyl groups is 1. The molecular weight excluding hydrogens is 386 g/mol. The average Bonchev–Trinajstić information content (AvgIpc) is 2.82. The van der Waals surface area contributed by atoms with Crippen molar-refractivity contribution in [2.24, 2.45) is 0 Å². The summed E-state index contributed by atoms with van der Waals surface area (Å²) in [6, 6.07) is 28.5. The maximum Gasteiger partial charge on any atom is 0.323 e. The number of hydrogen-bond donors (Lipinski definition) is 2. The van der Waals surface area contributed by atoms with Gasteiger partial charge in [-0.1, -0.05) is 103 Å². The number of esters is 1. The molecule has 0 heterocycles. The number of aliphatic hydroxyl groups excluding tert-OH is 1. The van der Waals surface area contributed by atoms with Gasteiger partial charge in [0.25, 0.3) is 0 Å². The number of benzene rings is 3. The van der Waals surface area contributed by atoms with Crippen LogP contribution in [0.1, 0.15) is 16.7 Å². The van der Waals surface area contributed by atoms with Crippen LogP contribution in [0.15, 0.2) is 97.1 Å². The topological polar surface area (TPSA) is 58.6 Å². The molecule has 31 heavy (non-hydrogen) atoms. The van der Waals surface area contributed by atoms with Crippen molar-refractivity contribution in [1.29, 1.82) is 0 Å². The third-order valence-electron chi connectivity index (χ3n) is 5.16. The molecule has 4 heteroatoms. The van der Waals surface area contributed by atoms with Gasteiger partial charge >= 0.3 is 5.97 Å². The van der Waals surface area contributed by atoms with Gasteiger partial charge in [-0.15, -0.1) is 0 Å². The molecule has 0 radical (unpaired) electrons. The Kier molecular flexibility index (Phi) is 8.59. The van der Waals surface area contributed by atoms with Crippen molar-refractivity contribution in [3.8, 4) is 0 Å². The second-order valence-corrected chi connectivity index (χ2v) is 7.48. The van der Waals surface area contributed by atoms with Crippen molar-refractivity contribution in [3.63, 3.8) is 0 Å². The van der Waals surface area contributed by atoms with Gasteiger partial charge in [-0.05, 0) is 23.1 Å². The number of methoxy groups -OCH3 is 1. The van der Waals surface area contributed by atoms with E-state index in [1.54, 1.807) is 0 Å². The molecule has 0 saturated heterocycles. The maximum atomic E-state index is 12.5. The predicted molar refractivity (Wildman–Crippen MR) is 125 cm³/mol. The SMILES string of the molecule is COC(=O)[C@H](Cc1ccccc1)N[C@H](/C=C/c1ccccc1)[C@@H](O)Cc1ccccc1. The minimum atomic E-state index is -0.717. The van der Waals surface area contributed by atoms with E-state index in [1.165, 1.54) is 7.11 Å². The van der Waals surface area contributed by atoms with E-state index in [0.717, 1.165) is 16.7 Å². The summed E-state index contributed by atoms with van der Waals surface area (Å²) in [5, 5.41) is 14.4. The van der Waals surface area contributed by atoms with Crippen LogP contribution in [-0.2, 0) is 22.4 Å². The lowest BCUT2D eigenvalue weighted by Gasteiger charge is -2.26. The summed E-state index contributed by atoms with van der Waals surface area (Å²) in [7, 11) is 1.39. The lowest BCUT2D eigenvalue weighted by Crippen LogP contribution is -2.49. The van der Waals surface area contributed by atoms with Gasteiger partial charge < -0.3 is 9.84 Å². The van der Waals surface area contributed by atoms with Crippen molar-refractivity contribution >= 4 is 12.0 Å². The first-order valence-corrected chi connectivity index (χ1v) is 10.5. The molecule has 3 atom stereocenters. The van der Waals surface area contributed by atoms with E-state index in [-0.39, 0.29) is 5.97 Å². The first kappa shape index (κ1) is 22.5. The molecule has 3 aromatic carbocycles. The first-order chi connectivity index (χ1) is 15.2. The molecule has 2 N–H and O–H groups in total. The van der Waals surface area contributed by atoms with Gasteiger partial charge in [0, 0.05) is 6.42 Å². The lowest BCUT2D eigenvalue weighted by molar-refractivity contribution is -0.143. The third-order valence-corrected chi connectivity index (χ3v) is 5.16.